The number of hydrogen-bond donors (Lipinski definition) is 1. The summed E-state index contributed by atoms with van der Waals surface area (Å²) in [5.41, 5.74) is 0.236. The number of allylic oxidation sites excluding steroid dienone is 1. The molecule has 6 unspecified atom stereocenters. The number of carbonyl (C=O) groups excluding carboxylic acids is 3. The predicted molar refractivity (Wildman–Crippen MR) is 141 cm³/mol. The summed E-state index contributed by atoms with van der Waals surface area (Å²) < 4.78 is 17.3. The molecule has 1 aromatic rings. The average Bonchev–Trinajstić information content (AvgIpc) is 3.25. The molecule has 38 heavy (non-hydrogen) atoms. The van der Waals surface area contributed by atoms with E-state index < -0.39 is 29.5 Å². The van der Waals surface area contributed by atoms with Gasteiger partial charge in [0.25, 0.3) is 6.47 Å². The van der Waals surface area contributed by atoms with Gasteiger partial charge < -0.3 is 19.3 Å². The first-order valence-electron chi connectivity index (χ1n) is 12.8. The second-order valence-electron chi connectivity index (χ2n) is 11.1. The van der Waals surface area contributed by atoms with Crippen molar-refractivity contribution in [1.82, 2.24) is 4.98 Å². The number of esters is 1. The molecule has 6 atom stereocenters. The third kappa shape index (κ3) is 8.54. The molecule has 0 spiro atoms. The van der Waals surface area contributed by atoms with Crippen molar-refractivity contribution in [2.24, 2.45) is 17.3 Å². The number of cyclic esters (lactones) is 1. The minimum Gasteiger partial charge on any atom is -0.464 e. The van der Waals surface area contributed by atoms with E-state index >= 15 is 0 Å². The Balaban J connectivity index is 0.00000507. The fourth-order valence-corrected chi connectivity index (χ4v) is 5.75. The van der Waals surface area contributed by atoms with Crippen LogP contribution < -0.4 is 0 Å². The van der Waals surface area contributed by atoms with Crippen molar-refractivity contribution in [2.75, 3.05) is 0 Å². The van der Waals surface area contributed by atoms with Crippen LogP contribution in [0.2, 0.25) is 0 Å². The van der Waals surface area contributed by atoms with Crippen LogP contribution in [0.4, 0.5) is 0 Å². The van der Waals surface area contributed by atoms with Crippen LogP contribution in [0.25, 0.3) is 6.08 Å². The molecule has 2 aliphatic heterocycles. The summed E-state index contributed by atoms with van der Waals surface area (Å²) >= 11 is 1.37. The van der Waals surface area contributed by atoms with Gasteiger partial charge in [0.05, 0.1) is 29.9 Å². The predicted octanol–water partition coefficient (Wildman–Crippen LogP) is 4.65. The number of aromatic nitrogens is 1. The van der Waals surface area contributed by atoms with Gasteiger partial charge in [-0.15, -0.1) is 11.3 Å². The quantitative estimate of drug-likeness (QED) is 0.263. The Morgan fingerprint density at radius 2 is 2.00 bits per heavy atom. The molecule has 1 radical (unpaired) electrons. The maximum Gasteiger partial charge on any atom is 0.331 e. The fourth-order valence-electron chi connectivity index (χ4n) is 5.14. The third-order valence-electron chi connectivity index (χ3n) is 7.59. The summed E-state index contributed by atoms with van der Waals surface area (Å²) in [5, 5.41) is 11.8. The van der Waals surface area contributed by atoms with Crippen LogP contribution in [-0.2, 0) is 35.2 Å². The summed E-state index contributed by atoms with van der Waals surface area (Å²) in [7, 11) is 0. The van der Waals surface area contributed by atoms with Gasteiger partial charge in [0.1, 0.15) is 23.0 Å². The molecule has 0 aliphatic carbocycles. The summed E-state index contributed by atoms with van der Waals surface area (Å²) in [5.74, 6) is -1.22. The molecule has 207 valence electrons. The normalized spacial score (nSPS) is 33.3. The number of fused-ring (bicyclic) bond motifs is 1. The van der Waals surface area contributed by atoms with E-state index in [2.05, 4.69) is 11.9 Å². The number of ether oxygens (including phenoxy) is 3. The first-order chi connectivity index (χ1) is 17.4. The van der Waals surface area contributed by atoms with Gasteiger partial charge in [-0.05, 0) is 58.1 Å². The van der Waals surface area contributed by atoms with E-state index in [9.17, 15) is 19.5 Å². The number of hydrogen-bond acceptors (Lipinski definition) is 9. The zero-order valence-electron chi connectivity index (χ0n) is 23.1. The van der Waals surface area contributed by atoms with Crippen LogP contribution in [0.5, 0.6) is 0 Å². The van der Waals surface area contributed by atoms with Gasteiger partial charge in [-0.25, -0.2) is 9.78 Å². The molecule has 8 nitrogen and oxygen atoms in total. The van der Waals surface area contributed by atoms with E-state index in [1.54, 1.807) is 26.8 Å². The maximum atomic E-state index is 13.4. The Morgan fingerprint density at radius 3 is 2.63 bits per heavy atom. The molecule has 3 rings (SSSR count). The fraction of sp³-hybridized carbons (Fsp3) is 0.643. The summed E-state index contributed by atoms with van der Waals surface area (Å²) in [6.07, 6.45) is 6.52. The molecule has 0 amide bonds. The van der Waals surface area contributed by atoms with Crippen molar-refractivity contribution >= 4 is 35.6 Å². The smallest absolute Gasteiger partial charge is 0.331 e. The molecule has 1 saturated heterocycles. The van der Waals surface area contributed by atoms with E-state index in [0.717, 1.165) is 24.8 Å². The number of Topliss-reactive ketones (excluding diaryl/α,β-unsaturated/α-hetero) is 1. The second kappa shape index (κ2) is 14.1. The van der Waals surface area contributed by atoms with E-state index in [1.807, 2.05) is 25.3 Å². The van der Waals surface area contributed by atoms with Crippen molar-refractivity contribution in [1.29, 1.82) is 0 Å². The maximum absolute atomic E-state index is 13.4. The number of rotatable bonds is 5. The minimum absolute atomic E-state index is 0. The van der Waals surface area contributed by atoms with Crippen molar-refractivity contribution in [3.8, 4) is 0 Å². The molecule has 2 aliphatic rings. The number of carbonyl (C=O) groups is 3. The van der Waals surface area contributed by atoms with Crippen LogP contribution in [0.15, 0.2) is 23.1 Å². The standard InChI is InChI=1S/C28H39NO7S.Ac/c1-17-8-7-10-28(6)22(36-28)13-21(18(2)12-20-15-37-23(14-30)29-20)35-24(32)9-11-27(4,5)26(33)19(3)25(17)34-16-31;/h9,11-12,15-17,19,21-22,25,30H,7-8,10,13-14H2,1-6H3;/b11-9-,18-12+;. The molecule has 0 bridgehead atoms. The number of aliphatic hydroxyl groups excluding tert-OH is 1. The van der Waals surface area contributed by atoms with Gasteiger partial charge in [0.15, 0.2) is 0 Å². The number of ketones is 1. The van der Waals surface area contributed by atoms with E-state index in [1.165, 1.54) is 17.4 Å². The van der Waals surface area contributed by atoms with Gasteiger partial charge in [-0.3, -0.25) is 9.59 Å². The average molecular weight is 761 g/mol. The van der Waals surface area contributed by atoms with Crippen LogP contribution in [0.1, 0.15) is 77.9 Å². The zero-order valence-corrected chi connectivity index (χ0v) is 28.7. The van der Waals surface area contributed by atoms with Gasteiger partial charge in [0.2, 0.25) is 0 Å². The van der Waals surface area contributed by atoms with Crippen molar-refractivity contribution in [3.05, 3.63) is 33.8 Å². The summed E-state index contributed by atoms with van der Waals surface area (Å²) in [6.45, 7) is 11.5. The molecule has 10 heteroatoms. The Morgan fingerprint density at radius 1 is 1.29 bits per heavy atom. The third-order valence-corrected chi connectivity index (χ3v) is 8.45. The number of nitrogens with zero attached hydrogens (tertiary/aromatic N) is 1. The van der Waals surface area contributed by atoms with Crippen LogP contribution in [-0.4, -0.2) is 52.2 Å². The minimum atomic E-state index is -0.959. The largest absolute Gasteiger partial charge is 0.464 e. The molecule has 0 saturated carbocycles. The Hall–Kier alpha value is -0.918. The van der Waals surface area contributed by atoms with E-state index in [-0.39, 0.29) is 74.1 Å². The molecular weight excluding hydrogens is 721 g/mol. The Bertz CT molecular complexity index is 1050. The zero-order chi connectivity index (χ0) is 27.4. The van der Waals surface area contributed by atoms with Gasteiger partial charge in [-0.1, -0.05) is 26.3 Å². The van der Waals surface area contributed by atoms with Gasteiger partial charge in [-0.2, -0.15) is 0 Å². The first kappa shape index (κ1) is 33.3. The van der Waals surface area contributed by atoms with Crippen molar-refractivity contribution in [2.45, 2.75) is 97.7 Å². The summed E-state index contributed by atoms with van der Waals surface area (Å²) in [6, 6.07) is 0. The van der Waals surface area contributed by atoms with Crippen LogP contribution >= 0.6 is 11.3 Å². The van der Waals surface area contributed by atoms with E-state index in [0.29, 0.717) is 23.6 Å². The summed E-state index contributed by atoms with van der Waals surface area (Å²) in [4.78, 5) is 41.8. The molecule has 1 N–H and O–H groups in total. The topological polar surface area (TPSA) is 115 Å². The Kier molecular flexibility index (Phi) is 12.4. The molecule has 1 fully saturated rings. The van der Waals surface area contributed by atoms with Gasteiger partial charge in [0, 0.05) is 67.4 Å². The first-order valence-corrected chi connectivity index (χ1v) is 13.7. The molecule has 0 aromatic carbocycles. The molecule has 1 aromatic heterocycles. The Labute approximate surface area is 265 Å². The molecule has 3 heterocycles. The van der Waals surface area contributed by atoms with Crippen LogP contribution in [0, 0.1) is 61.3 Å². The second-order valence-corrected chi connectivity index (χ2v) is 12.0. The van der Waals surface area contributed by atoms with Crippen LogP contribution in [0.3, 0.4) is 0 Å². The monoisotopic (exact) mass is 760 g/mol. The van der Waals surface area contributed by atoms with Gasteiger partial charge >= 0.3 is 5.97 Å². The molecular formula is C28H39AcNO7S. The number of thiazole rings is 1. The van der Waals surface area contributed by atoms with Crippen molar-refractivity contribution in [3.63, 3.8) is 0 Å². The SMILES string of the molecule is C/C(=C\c1csc(CO)n1)C1CC2OC2(C)CCCC(C)C(OC=O)C(C)C(=O)C(C)(C)/C=C\C(=O)O1.[Ac]. The number of aliphatic hydroxyl groups is 1. The number of epoxide rings is 1. The van der Waals surface area contributed by atoms with E-state index in [4.69, 9.17) is 14.2 Å². The van der Waals surface area contributed by atoms with Crippen molar-refractivity contribution < 1.29 is 77.8 Å².